The van der Waals surface area contributed by atoms with Crippen LogP contribution in [0, 0.1) is 0 Å². The van der Waals surface area contributed by atoms with Gasteiger partial charge in [0, 0.05) is 12.8 Å². The van der Waals surface area contributed by atoms with E-state index in [1.807, 2.05) is 0 Å². The van der Waals surface area contributed by atoms with E-state index in [1.54, 1.807) is 0 Å². The minimum atomic E-state index is 0.925. The highest BCUT2D eigenvalue weighted by molar-refractivity contribution is 4.93. The summed E-state index contributed by atoms with van der Waals surface area (Å²) in [6.45, 7) is 12.8. The molecule has 0 aliphatic rings. The molecule has 0 N–H and O–H groups in total. The molecule has 1 nitrogen and oxygen atoms in total. The number of hydrogen-bond donors (Lipinski definition) is 0. The lowest BCUT2D eigenvalue weighted by Gasteiger charge is -2.11. The molecule has 1 heteroatoms. The summed E-state index contributed by atoms with van der Waals surface area (Å²) in [5.74, 6) is 1.85. The van der Waals surface area contributed by atoms with Crippen LogP contribution in [-0.4, -0.2) is 0 Å². The van der Waals surface area contributed by atoms with Crippen LogP contribution < -0.4 is 0 Å². The van der Waals surface area contributed by atoms with E-state index in [4.69, 9.17) is 4.74 Å². The predicted octanol–water partition coefficient (Wildman–Crippen LogP) is 13.8. The molecule has 0 bridgehead atoms. The maximum atomic E-state index is 5.89. The van der Waals surface area contributed by atoms with Gasteiger partial charge >= 0.3 is 0 Å². The van der Waals surface area contributed by atoms with E-state index in [0.717, 1.165) is 24.4 Å². The van der Waals surface area contributed by atoms with Crippen LogP contribution in [0.25, 0.3) is 0 Å². The van der Waals surface area contributed by atoms with E-state index < -0.39 is 0 Å². The lowest BCUT2D eigenvalue weighted by molar-refractivity contribution is 0.274. The van der Waals surface area contributed by atoms with Crippen LogP contribution in [0.4, 0.5) is 0 Å². The minimum absolute atomic E-state index is 0.925. The molecule has 0 aliphatic carbocycles. The van der Waals surface area contributed by atoms with Crippen molar-refractivity contribution in [3.05, 3.63) is 24.7 Å². The first-order valence-corrected chi connectivity index (χ1v) is 17.2. The monoisotopic (exact) mass is 519 g/mol. The maximum absolute atomic E-state index is 5.89. The Hall–Kier alpha value is -0.720. The van der Waals surface area contributed by atoms with Gasteiger partial charge in [-0.2, -0.15) is 0 Å². The number of unbranched alkanes of at least 4 members (excludes halogenated alkanes) is 26. The zero-order valence-electron chi connectivity index (χ0n) is 26.0. The Morgan fingerprint density at radius 1 is 0.324 bits per heavy atom. The molecule has 0 aromatic carbocycles. The topological polar surface area (TPSA) is 9.23 Å². The van der Waals surface area contributed by atoms with Crippen LogP contribution in [0.1, 0.15) is 206 Å². The van der Waals surface area contributed by atoms with Gasteiger partial charge in [0.25, 0.3) is 0 Å². The van der Waals surface area contributed by atoms with Gasteiger partial charge in [0.1, 0.15) is 0 Å². The van der Waals surface area contributed by atoms with E-state index in [1.165, 1.54) is 180 Å². The van der Waals surface area contributed by atoms with Crippen molar-refractivity contribution in [1.29, 1.82) is 0 Å². The molecule has 0 rings (SSSR count). The van der Waals surface area contributed by atoms with Crippen molar-refractivity contribution in [2.75, 3.05) is 0 Å². The van der Waals surface area contributed by atoms with Crippen molar-refractivity contribution in [3.63, 3.8) is 0 Å². The standard InChI is InChI=1S/C36H70O/c1-5-7-9-11-13-15-17-19-21-23-25-27-29-31-33-35(3)37-36(4)34-32-30-28-26-24-22-20-18-16-14-12-10-8-6-2/h3-34H2,1-2H3. The Bertz CT molecular complexity index is 423. The molecule has 0 heterocycles. The predicted molar refractivity (Wildman–Crippen MR) is 169 cm³/mol. The highest BCUT2D eigenvalue weighted by Crippen LogP contribution is 2.19. The largest absolute Gasteiger partial charge is 0.467 e. The molecule has 220 valence electrons. The van der Waals surface area contributed by atoms with Crippen molar-refractivity contribution in [2.24, 2.45) is 0 Å². The summed E-state index contributed by atoms with van der Waals surface area (Å²) < 4.78 is 5.89. The van der Waals surface area contributed by atoms with Gasteiger partial charge in [0.2, 0.25) is 0 Å². The molecule has 0 saturated carbocycles. The Labute approximate surface area is 235 Å². The average Bonchev–Trinajstić information content (AvgIpc) is 2.89. The minimum Gasteiger partial charge on any atom is -0.467 e. The molecule has 0 aliphatic heterocycles. The third-order valence-corrected chi connectivity index (χ3v) is 7.91. The van der Waals surface area contributed by atoms with Gasteiger partial charge in [-0.05, 0) is 12.8 Å². The summed E-state index contributed by atoms with van der Waals surface area (Å²) in [6, 6.07) is 0. The number of allylic oxidation sites excluding steroid dienone is 2. The second-order valence-corrected chi connectivity index (χ2v) is 11.9. The first-order valence-electron chi connectivity index (χ1n) is 17.2. The first-order chi connectivity index (χ1) is 18.2. The molecule has 0 fully saturated rings. The van der Waals surface area contributed by atoms with Gasteiger partial charge in [0.05, 0.1) is 11.5 Å². The Balaban J connectivity index is 3.28. The van der Waals surface area contributed by atoms with Crippen molar-refractivity contribution in [2.45, 2.75) is 206 Å². The van der Waals surface area contributed by atoms with Crippen LogP contribution in [0.5, 0.6) is 0 Å². The van der Waals surface area contributed by atoms with Gasteiger partial charge in [-0.1, -0.05) is 194 Å². The van der Waals surface area contributed by atoms with Crippen molar-refractivity contribution in [3.8, 4) is 0 Å². The fourth-order valence-electron chi connectivity index (χ4n) is 5.34. The summed E-state index contributed by atoms with van der Waals surface area (Å²) >= 11 is 0. The van der Waals surface area contributed by atoms with Gasteiger partial charge in [0.15, 0.2) is 0 Å². The molecule has 0 unspecified atom stereocenters. The highest BCUT2D eigenvalue weighted by Gasteiger charge is 2.02. The van der Waals surface area contributed by atoms with Crippen molar-refractivity contribution < 1.29 is 4.74 Å². The number of ether oxygens (including phenoxy) is 1. The lowest BCUT2D eigenvalue weighted by Crippen LogP contribution is -1.93. The molecule has 0 radical (unpaired) electrons. The van der Waals surface area contributed by atoms with Crippen molar-refractivity contribution in [1.82, 2.24) is 0 Å². The molecule has 0 saturated heterocycles. The Morgan fingerprint density at radius 3 is 0.730 bits per heavy atom. The van der Waals surface area contributed by atoms with Crippen LogP contribution >= 0.6 is 0 Å². The second kappa shape index (κ2) is 31.5. The van der Waals surface area contributed by atoms with Crippen LogP contribution in [0.2, 0.25) is 0 Å². The smallest absolute Gasteiger partial charge is 0.0964 e. The van der Waals surface area contributed by atoms with E-state index in [9.17, 15) is 0 Å². The molecule has 0 spiro atoms. The third kappa shape index (κ3) is 31.4. The molecular formula is C36H70O. The zero-order valence-corrected chi connectivity index (χ0v) is 26.0. The second-order valence-electron chi connectivity index (χ2n) is 11.9. The van der Waals surface area contributed by atoms with E-state index in [-0.39, 0.29) is 0 Å². The third-order valence-electron chi connectivity index (χ3n) is 7.91. The average molecular weight is 519 g/mol. The van der Waals surface area contributed by atoms with Crippen LogP contribution in [-0.2, 0) is 4.74 Å². The fourth-order valence-corrected chi connectivity index (χ4v) is 5.34. The number of rotatable bonds is 32. The van der Waals surface area contributed by atoms with Gasteiger partial charge in [-0.3, -0.25) is 0 Å². The molecule has 0 aromatic rings. The Kier molecular flexibility index (Phi) is 30.9. The summed E-state index contributed by atoms with van der Waals surface area (Å²) in [6.07, 6.45) is 41.2. The van der Waals surface area contributed by atoms with Gasteiger partial charge in [-0.25, -0.2) is 0 Å². The fraction of sp³-hybridized carbons (Fsp3) is 0.889. The number of hydrogen-bond acceptors (Lipinski definition) is 1. The maximum Gasteiger partial charge on any atom is 0.0964 e. The van der Waals surface area contributed by atoms with Crippen LogP contribution in [0.3, 0.4) is 0 Å². The van der Waals surface area contributed by atoms with E-state index >= 15 is 0 Å². The van der Waals surface area contributed by atoms with Crippen LogP contribution in [0.15, 0.2) is 24.7 Å². The normalized spacial score (nSPS) is 11.2. The molecule has 0 amide bonds. The van der Waals surface area contributed by atoms with E-state index in [2.05, 4.69) is 27.0 Å². The lowest BCUT2D eigenvalue weighted by atomic mass is 10.0. The molecule has 37 heavy (non-hydrogen) atoms. The SMILES string of the molecule is C=C(CCCCCCCCCCCCCCCC)OC(=C)CCCCCCCCCCCCCCCC. The van der Waals surface area contributed by atoms with Crippen molar-refractivity contribution >= 4 is 0 Å². The first kappa shape index (κ1) is 36.3. The quantitative estimate of drug-likeness (QED) is 0.0635. The van der Waals surface area contributed by atoms with Gasteiger partial charge in [-0.15, -0.1) is 0 Å². The molecular weight excluding hydrogens is 448 g/mol. The van der Waals surface area contributed by atoms with E-state index in [0.29, 0.717) is 0 Å². The zero-order chi connectivity index (χ0) is 27.1. The Morgan fingerprint density at radius 2 is 0.514 bits per heavy atom. The highest BCUT2D eigenvalue weighted by atomic mass is 16.5. The summed E-state index contributed by atoms with van der Waals surface area (Å²) in [5.41, 5.74) is 0. The summed E-state index contributed by atoms with van der Waals surface area (Å²) in [4.78, 5) is 0. The molecule has 0 atom stereocenters. The molecule has 0 aromatic heterocycles. The van der Waals surface area contributed by atoms with Gasteiger partial charge < -0.3 is 4.74 Å². The summed E-state index contributed by atoms with van der Waals surface area (Å²) in [5, 5.41) is 0. The summed E-state index contributed by atoms with van der Waals surface area (Å²) in [7, 11) is 0.